The average Bonchev–Trinajstić information content (AvgIpc) is 3.73. The molecule has 3 fully saturated rings. The molecule has 2 unspecified atom stereocenters. The molecule has 0 amide bonds. The van der Waals surface area contributed by atoms with E-state index in [1.807, 2.05) is 0 Å². The van der Waals surface area contributed by atoms with E-state index >= 15 is 8.78 Å². The van der Waals surface area contributed by atoms with E-state index in [9.17, 15) is 14.6 Å². The minimum Gasteiger partial charge on any atom is -0.383 e. The fourth-order valence-corrected chi connectivity index (χ4v) is 8.27. The molecule has 18 nitrogen and oxygen atoms in total. The zero-order valence-corrected chi connectivity index (χ0v) is 25.9. The average molecular weight is 710 g/mol. The number of halogens is 2. The van der Waals surface area contributed by atoms with Crippen molar-refractivity contribution in [3.63, 3.8) is 0 Å². The monoisotopic (exact) mass is 709 g/mol. The van der Waals surface area contributed by atoms with Gasteiger partial charge in [-0.3, -0.25) is 28.0 Å². The second kappa shape index (κ2) is 11.0. The smallest absolute Gasteiger partial charge is 0.325 e. The number of hydrogen-bond donors (Lipinski definition) is 5. The number of nitrogens with two attached hydrogens (primary N) is 2. The Kier molecular flexibility index (Phi) is 7.58. The van der Waals surface area contributed by atoms with E-state index in [2.05, 4.69) is 24.9 Å². The minimum atomic E-state index is -4.37. The van der Waals surface area contributed by atoms with E-state index < -0.39 is 81.4 Å². The second-order valence-electron chi connectivity index (χ2n) is 10.3. The molecular formula is C21H23F2N9O9P2S2. The molecule has 7 heterocycles. The van der Waals surface area contributed by atoms with E-state index in [-0.39, 0.29) is 28.6 Å². The van der Waals surface area contributed by atoms with Crippen LogP contribution in [0.1, 0.15) is 6.23 Å². The van der Waals surface area contributed by atoms with Gasteiger partial charge < -0.3 is 39.8 Å². The van der Waals surface area contributed by atoms with Gasteiger partial charge in [0.25, 0.3) is 5.56 Å². The van der Waals surface area contributed by atoms with E-state index in [4.69, 9.17) is 62.6 Å². The second-order valence-corrected chi connectivity index (χ2v) is 15.8. The van der Waals surface area contributed by atoms with Gasteiger partial charge in [-0.05, 0) is 29.7 Å². The van der Waals surface area contributed by atoms with Crippen LogP contribution < -0.4 is 17.0 Å². The van der Waals surface area contributed by atoms with Gasteiger partial charge in [-0.15, -0.1) is 0 Å². The molecule has 24 heteroatoms. The van der Waals surface area contributed by atoms with Gasteiger partial charge >= 0.3 is 13.4 Å². The van der Waals surface area contributed by atoms with Crippen molar-refractivity contribution in [3.8, 4) is 0 Å². The van der Waals surface area contributed by atoms with Crippen LogP contribution in [0.15, 0.2) is 29.7 Å². The molecule has 3 saturated heterocycles. The maximum atomic E-state index is 16.9. The molecule has 9 atom stereocenters. The van der Waals surface area contributed by atoms with Gasteiger partial charge in [-0.25, -0.2) is 23.7 Å². The number of nitrogen functional groups attached to an aromatic ring is 2. The van der Waals surface area contributed by atoms with Crippen molar-refractivity contribution < 1.29 is 46.1 Å². The standard InChI is InChI=1S/C21H23F2N9O9P2S2/c22-11-9-3-37-43(35,45)41-14-10(36-5-21(14,23)32-2-1-8-15(24)26-6-27-16(8)32)4-38-42(34,44)40-13(11)19(39-9)31-7-28-12-17(31)29-20(25)30-18(12)33/h1-2,6-7,9-11,13-14,19H,3-5H2,(H,34,44)(H,35,45)(H2,24,26,27)(H3,25,29,30,33)/t9-,10-,11-,13-,14-,19-,21+,42?,43?/m1/s1. The lowest BCUT2D eigenvalue weighted by Crippen LogP contribution is -2.45. The van der Waals surface area contributed by atoms with Crippen molar-refractivity contribution in [2.24, 2.45) is 0 Å². The van der Waals surface area contributed by atoms with Gasteiger partial charge in [0.15, 0.2) is 29.7 Å². The normalized spacial score (nSPS) is 37.7. The van der Waals surface area contributed by atoms with Crippen LogP contribution in [0.5, 0.6) is 0 Å². The molecule has 0 spiro atoms. The Morgan fingerprint density at radius 3 is 2.60 bits per heavy atom. The third kappa shape index (κ3) is 5.37. The molecule has 45 heavy (non-hydrogen) atoms. The summed E-state index contributed by atoms with van der Waals surface area (Å²) in [6.07, 6.45) is -6.14. The quantitative estimate of drug-likeness (QED) is 0.175. The summed E-state index contributed by atoms with van der Waals surface area (Å²) in [6, 6.07) is 1.48. The summed E-state index contributed by atoms with van der Waals surface area (Å²) in [7, 11) is 0. The van der Waals surface area contributed by atoms with Gasteiger partial charge in [0.1, 0.15) is 42.7 Å². The van der Waals surface area contributed by atoms with Crippen molar-refractivity contribution >= 4 is 71.0 Å². The van der Waals surface area contributed by atoms with Crippen LogP contribution in [0.25, 0.3) is 22.2 Å². The Balaban J connectivity index is 1.23. The Labute approximate surface area is 260 Å². The molecule has 0 saturated carbocycles. The molecule has 0 aromatic carbocycles. The third-order valence-corrected chi connectivity index (χ3v) is 10.6. The van der Waals surface area contributed by atoms with Crippen LogP contribution in [0.4, 0.5) is 20.5 Å². The lowest BCUT2D eigenvalue weighted by atomic mass is 10.1. The number of ether oxygens (including phenoxy) is 2. The maximum absolute atomic E-state index is 16.9. The van der Waals surface area contributed by atoms with Crippen LogP contribution in [0.3, 0.4) is 0 Å². The molecule has 4 aromatic rings. The highest BCUT2D eigenvalue weighted by atomic mass is 32.5. The Morgan fingerprint density at radius 1 is 1.09 bits per heavy atom. The number of aromatic amines is 1. The van der Waals surface area contributed by atoms with Crippen LogP contribution >= 0.6 is 13.4 Å². The zero-order chi connectivity index (χ0) is 31.9. The van der Waals surface area contributed by atoms with Gasteiger partial charge in [-0.1, -0.05) is 0 Å². The van der Waals surface area contributed by atoms with Gasteiger partial charge in [0.05, 0.1) is 24.9 Å². The summed E-state index contributed by atoms with van der Waals surface area (Å²) in [4.78, 5) is 52.7. The van der Waals surface area contributed by atoms with Crippen LogP contribution in [-0.2, 0) is 57.0 Å². The molecule has 7 N–H and O–H groups in total. The van der Waals surface area contributed by atoms with Crippen molar-refractivity contribution in [3.05, 3.63) is 35.3 Å². The predicted molar refractivity (Wildman–Crippen MR) is 157 cm³/mol. The highest BCUT2D eigenvalue weighted by Crippen LogP contribution is 2.55. The largest absolute Gasteiger partial charge is 0.383 e. The number of H-pyrrole nitrogens is 1. The summed E-state index contributed by atoms with van der Waals surface area (Å²) >= 11 is 10.4. The van der Waals surface area contributed by atoms with Crippen molar-refractivity contribution in [2.75, 3.05) is 31.3 Å². The van der Waals surface area contributed by atoms with Crippen LogP contribution in [0.2, 0.25) is 0 Å². The van der Waals surface area contributed by atoms with Crippen molar-refractivity contribution in [2.45, 2.75) is 42.6 Å². The fraction of sp³-hybridized carbons (Fsp3) is 0.476. The summed E-state index contributed by atoms with van der Waals surface area (Å²) in [5.74, 6) is -2.73. The van der Waals surface area contributed by atoms with Crippen LogP contribution in [0, 0.1) is 0 Å². The molecule has 4 aromatic heterocycles. The van der Waals surface area contributed by atoms with Crippen molar-refractivity contribution in [1.82, 2.24) is 34.1 Å². The number of aromatic nitrogens is 7. The fourth-order valence-electron chi connectivity index (χ4n) is 5.43. The van der Waals surface area contributed by atoms with Gasteiger partial charge in [-0.2, -0.15) is 4.98 Å². The SMILES string of the molecule is Nc1nc2c(ncn2[C@@H]2O[C@@H]3COP(O)(=S)O[C@@H]4[C@@H](COP(O)(=S)O[C@@H]2[C@@H]3F)OC[C@]4(F)n2ccc3c(N)ncnc32)c(=O)[nH]1. The summed E-state index contributed by atoms with van der Waals surface area (Å²) in [6.45, 7) is -10.7. The van der Waals surface area contributed by atoms with Crippen LogP contribution in [-0.4, -0.2) is 94.2 Å². The number of hydrogen-bond acceptors (Lipinski definition) is 15. The Bertz CT molecular complexity index is 1970. The predicted octanol–water partition coefficient (Wildman–Crippen LogP) is 0.236. The maximum Gasteiger partial charge on any atom is 0.325 e. The molecule has 0 radical (unpaired) electrons. The number of fused-ring (bicyclic) bond motifs is 5. The topological polar surface area (TPSA) is 242 Å². The summed E-state index contributed by atoms with van der Waals surface area (Å²) in [5, 5.41) is 0.336. The van der Waals surface area contributed by atoms with Gasteiger partial charge in [0, 0.05) is 6.20 Å². The lowest BCUT2D eigenvalue weighted by Gasteiger charge is -2.32. The number of imidazole rings is 1. The molecule has 3 aliphatic rings. The van der Waals surface area contributed by atoms with E-state index in [1.165, 1.54) is 12.3 Å². The zero-order valence-electron chi connectivity index (χ0n) is 22.5. The molecule has 0 aliphatic carbocycles. The Hall–Kier alpha value is -2.59. The first kappa shape index (κ1) is 31.0. The summed E-state index contributed by atoms with van der Waals surface area (Å²) < 4.78 is 68.8. The first-order valence-electron chi connectivity index (χ1n) is 13.0. The highest BCUT2D eigenvalue weighted by molar-refractivity contribution is 8.07. The molecule has 3 aliphatic heterocycles. The highest BCUT2D eigenvalue weighted by Gasteiger charge is 2.57. The number of nitrogens with one attached hydrogen (secondary N) is 1. The molecular weight excluding hydrogens is 686 g/mol. The van der Waals surface area contributed by atoms with E-state index in [0.717, 1.165) is 21.8 Å². The molecule has 242 valence electrons. The third-order valence-electron chi connectivity index (χ3n) is 7.48. The lowest BCUT2D eigenvalue weighted by molar-refractivity contribution is -0.0623. The first-order chi connectivity index (χ1) is 21.3. The minimum absolute atomic E-state index is 0.0847. The van der Waals surface area contributed by atoms with Crippen molar-refractivity contribution in [1.29, 1.82) is 0 Å². The number of rotatable bonds is 2. The van der Waals surface area contributed by atoms with E-state index in [1.54, 1.807) is 0 Å². The summed E-state index contributed by atoms with van der Waals surface area (Å²) in [5.41, 5.74) is 10.8. The number of anilines is 2. The number of alkyl halides is 2. The molecule has 2 bridgehead atoms. The Morgan fingerprint density at radius 2 is 1.82 bits per heavy atom. The van der Waals surface area contributed by atoms with Gasteiger partial charge in [0.2, 0.25) is 11.7 Å². The number of nitrogens with zero attached hydrogens (tertiary/aromatic N) is 6. The van der Waals surface area contributed by atoms with E-state index in [0.29, 0.717) is 5.39 Å². The molecule has 7 rings (SSSR count). The first-order valence-corrected chi connectivity index (χ1v) is 18.2.